The van der Waals surface area contributed by atoms with Gasteiger partial charge < -0.3 is 14.8 Å². The second-order valence-corrected chi connectivity index (χ2v) is 6.53. The van der Waals surface area contributed by atoms with E-state index in [2.05, 4.69) is 12.2 Å². The third-order valence-electron chi connectivity index (χ3n) is 4.56. The van der Waals surface area contributed by atoms with Crippen LogP contribution in [0.5, 0.6) is 5.75 Å². The first-order valence-corrected chi connectivity index (χ1v) is 8.85. The number of hydrogen-bond acceptors (Lipinski definition) is 4. The Morgan fingerprint density at radius 1 is 1.23 bits per heavy atom. The summed E-state index contributed by atoms with van der Waals surface area (Å²) in [6.45, 7) is 6.07. The molecule has 26 heavy (non-hydrogen) atoms. The van der Waals surface area contributed by atoms with Crippen LogP contribution in [0.1, 0.15) is 42.3 Å². The van der Waals surface area contributed by atoms with Gasteiger partial charge in [0, 0.05) is 6.42 Å². The maximum Gasteiger partial charge on any atom is 0.339 e. The lowest BCUT2D eigenvalue weighted by Crippen LogP contribution is -2.49. The molecule has 0 fully saturated rings. The summed E-state index contributed by atoms with van der Waals surface area (Å²) in [7, 11) is 0. The number of aryl methyl sites for hydroxylation is 1. The largest absolute Gasteiger partial charge is 0.492 e. The normalized spacial score (nSPS) is 18.7. The van der Waals surface area contributed by atoms with Crippen LogP contribution >= 0.6 is 0 Å². The molecule has 1 heterocycles. The molecule has 1 aliphatic rings. The minimum Gasteiger partial charge on any atom is -0.492 e. The Hall–Kier alpha value is -2.82. The van der Waals surface area contributed by atoms with E-state index in [0.717, 1.165) is 17.5 Å². The van der Waals surface area contributed by atoms with E-state index in [0.29, 0.717) is 30.0 Å². The van der Waals surface area contributed by atoms with Gasteiger partial charge in [0.2, 0.25) is 0 Å². The van der Waals surface area contributed by atoms with Crippen molar-refractivity contribution in [3.8, 4) is 5.75 Å². The first-order valence-electron chi connectivity index (χ1n) is 8.85. The van der Waals surface area contributed by atoms with Gasteiger partial charge in [0.1, 0.15) is 5.75 Å². The summed E-state index contributed by atoms with van der Waals surface area (Å²) in [6, 6.07) is 12.9. The number of esters is 1. The fourth-order valence-electron chi connectivity index (χ4n) is 3.10. The summed E-state index contributed by atoms with van der Waals surface area (Å²) in [4.78, 5) is 25.3. The first-order chi connectivity index (χ1) is 12.5. The fourth-order valence-corrected chi connectivity index (χ4v) is 3.10. The molecule has 2 aromatic rings. The van der Waals surface area contributed by atoms with Crippen molar-refractivity contribution in [2.45, 2.75) is 39.2 Å². The van der Waals surface area contributed by atoms with Crippen LogP contribution in [0.25, 0.3) is 0 Å². The van der Waals surface area contributed by atoms with E-state index in [9.17, 15) is 9.59 Å². The highest BCUT2D eigenvalue weighted by Gasteiger charge is 2.43. The van der Waals surface area contributed by atoms with E-state index in [4.69, 9.17) is 9.47 Å². The lowest BCUT2D eigenvalue weighted by atomic mass is 9.88. The number of fused-ring (bicyclic) bond motifs is 1. The molecule has 1 atom stereocenters. The van der Waals surface area contributed by atoms with E-state index in [1.165, 1.54) is 0 Å². The van der Waals surface area contributed by atoms with Crippen LogP contribution in [-0.4, -0.2) is 24.1 Å². The van der Waals surface area contributed by atoms with Crippen LogP contribution in [0, 0.1) is 0 Å². The fraction of sp³-hybridized carbons (Fsp3) is 0.333. The van der Waals surface area contributed by atoms with Crippen molar-refractivity contribution < 1.29 is 19.1 Å². The molecule has 5 nitrogen and oxygen atoms in total. The van der Waals surface area contributed by atoms with Gasteiger partial charge in [0.05, 0.1) is 17.9 Å². The molecule has 5 heteroatoms. The van der Waals surface area contributed by atoms with E-state index < -0.39 is 11.6 Å². The zero-order chi connectivity index (χ0) is 18.7. The number of rotatable bonds is 5. The zero-order valence-electron chi connectivity index (χ0n) is 15.3. The Balaban J connectivity index is 1.86. The second kappa shape index (κ2) is 7.20. The Kier molecular flexibility index (Phi) is 4.98. The molecule has 1 aliphatic heterocycles. The van der Waals surface area contributed by atoms with Crippen molar-refractivity contribution in [3.63, 3.8) is 0 Å². The molecule has 0 bridgehead atoms. The van der Waals surface area contributed by atoms with Crippen molar-refractivity contribution in [2.24, 2.45) is 0 Å². The molecule has 2 aromatic carbocycles. The van der Waals surface area contributed by atoms with Crippen molar-refractivity contribution in [3.05, 3.63) is 59.2 Å². The summed E-state index contributed by atoms with van der Waals surface area (Å²) in [6.07, 6.45) is 1.21. The Bertz CT molecular complexity index is 846. The monoisotopic (exact) mass is 353 g/mol. The van der Waals surface area contributed by atoms with Crippen molar-refractivity contribution in [1.82, 2.24) is 0 Å². The third-order valence-corrected chi connectivity index (χ3v) is 4.56. The van der Waals surface area contributed by atoms with E-state index >= 15 is 0 Å². The molecular formula is C21H23NO4. The maximum absolute atomic E-state index is 12.9. The predicted octanol–water partition coefficient (Wildman–Crippen LogP) is 3.76. The maximum atomic E-state index is 12.9. The van der Waals surface area contributed by atoms with Crippen LogP contribution in [0.3, 0.4) is 0 Å². The predicted molar refractivity (Wildman–Crippen MR) is 99.6 cm³/mol. The summed E-state index contributed by atoms with van der Waals surface area (Å²) < 4.78 is 11.1. The number of carbonyl (C=O) groups excluding carboxylic acids is 2. The standard InChI is InChI=1S/C21H23NO4/c1-4-14-10-11-16-15(12-14)13-21(3,26-19(16)23)20(24)22-17-8-6-7-9-18(17)25-5-2/h6-12H,4-5,13H2,1-3H3,(H,22,24). The molecule has 1 unspecified atom stereocenters. The van der Waals surface area contributed by atoms with Gasteiger partial charge in [-0.2, -0.15) is 0 Å². The van der Waals surface area contributed by atoms with Gasteiger partial charge in [-0.05, 0) is 49.6 Å². The molecular weight excluding hydrogens is 330 g/mol. The molecule has 0 aromatic heterocycles. The molecule has 3 rings (SSSR count). The van der Waals surface area contributed by atoms with Crippen molar-refractivity contribution in [2.75, 3.05) is 11.9 Å². The summed E-state index contributed by atoms with van der Waals surface area (Å²) in [5.41, 5.74) is 1.79. The minimum atomic E-state index is -1.27. The van der Waals surface area contributed by atoms with Gasteiger partial charge in [-0.1, -0.05) is 31.2 Å². The number of nitrogens with one attached hydrogen (secondary N) is 1. The second-order valence-electron chi connectivity index (χ2n) is 6.53. The first kappa shape index (κ1) is 18.0. The molecule has 0 aliphatic carbocycles. The van der Waals surface area contributed by atoms with Crippen LogP contribution in [0.2, 0.25) is 0 Å². The Labute approximate surface area is 153 Å². The van der Waals surface area contributed by atoms with Gasteiger partial charge in [0.15, 0.2) is 5.60 Å². The molecule has 0 radical (unpaired) electrons. The molecule has 1 amide bonds. The van der Waals surface area contributed by atoms with Crippen LogP contribution in [0.4, 0.5) is 5.69 Å². The van der Waals surface area contributed by atoms with Crippen molar-refractivity contribution >= 4 is 17.6 Å². The highest BCUT2D eigenvalue weighted by molar-refractivity contribution is 6.03. The van der Waals surface area contributed by atoms with Crippen LogP contribution in [-0.2, 0) is 22.4 Å². The smallest absolute Gasteiger partial charge is 0.339 e. The number of benzene rings is 2. The molecule has 136 valence electrons. The topological polar surface area (TPSA) is 64.6 Å². The zero-order valence-corrected chi connectivity index (χ0v) is 15.3. The third kappa shape index (κ3) is 3.43. The minimum absolute atomic E-state index is 0.338. The summed E-state index contributed by atoms with van der Waals surface area (Å²) >= 11 is 0. The molecule has 0 saturated heterocycles. The van der Waals surface area contributed by atoms with E-state index in [1.807, 2.05) is 31.2 Å². The van der Waals surface area contributed by atoms with E-state index in [1.54, 1.807) is 25.1 Å². The van der Waals surface area contributed by atoms with Gasteiger partial charge in [-0.3, -0.25) is 4.79 Å². The summed E-state index contributed by atoms with van der Waals surface area (Å²) in [5.74, 6) is -0.252. The van der Waals surface area contributed by atoms with Crippen molar-refractivity contribution in [1.29, 1.82) is 0 Å². The van der Waals surface area contributed by atoms with E-state index in [-0.39, 0.29) is 5.91 Å². The lowest BCUT2D eigenvalue weighted by Gasteiger charge is -2.33. The Morgan fingerprint density at radius 2 is 2.00 bits per heavy atom. The highest BCUT2D eigenvalue weighted by atomic mass is 16.6. The molecule has 0 saturated carbocycles. The quantitative estimate of drug-likeness (QED) is 0.832. The molecule has 0 spiro atoms. The van der Waals surface area contributed by atoms with Crippen LogP contribution in [0.15, 0.2) is 42.5 Å². The molecule has 1 N–H and O–H groups in total. The number of ether oxygens (including phenoxy) is 2. The Morgan fingerprint density at radius 3 is 2.73 bits per heavy atom. The summed E-state index contributed by atoms with van der Waals surface area (Å²) in [5, 5.41) is 2.84. The average Bonchev–Trinajstić information content (AvgIpc) is 2.62. The number of carbonyl (C=O) groups is 2. The SMILES string of the molecule is CCOc1ccccc1NC(=O)C1(C)Cc2cc(CC)ccc2C(=O)O1. The lowest BCUT2D eigenvalue weighted by molar-refractivity contribution is -0.134. The van der Waals surface area contributed by atoms with Gasteiger partial charge >= 0.3 is 5.97 Å². The van der Waals surface area contributed by atoms with Gasteiger partial charge in [-0.15, -0.1) is 0 Å². The van der Waals surface area contributed by atoms with Gasteiger partial charge in [0.25, 0.3) is 5.91 Å². The van der Waals surface area contributed by atoms with Gasteiger partial charge in [-0.25, -0.2) is 4.79 Å². The number of cyclic esters (lactones) is 1. The average molecular weight is 353 g/mol. The number of para-hydroxylation sites is 2. The highest BCUT2D eigenvalue weighted by Crippen LogP contribution is 2.31. The van der Waals surface area contributed by atoms with Crippen LogP contribution < -0.4 is 10.1 Å². The number of amides is 1. The number of anilines is 1. The number of hydrogen-bond donors (Lipinski definition) is 1.